The zero-order valence-corrected chi connectivity index (χ0v) is 12.1. The van der Waals surface area contributed by atoms with Crippen LogP contribution in [0, 0.1) is 10.1 Å². The van der Waals surface area contributed by atoms with Crippen LogP contribution in [-0.4, -0.2) is 41.0 Å². The van der Waals surface area contributed by atoms with E-state index in [4.69, 9.17) is 0 Å². The average Bonchev–Trinajstić information content (AvgIpc) is 2.44. The first kappa shape index (κ1) is 18.5. The summed E-state index contributed by atoms with van der Waals surface area (Å²) in [6.07, 6.45) is 2.77. The van der Waals surface area contributed by atoms with Gasteiger partial charge in [-0.3, -0.25) is 19.7 Å². The van der Waals surface area contributed by atoms with Crippen molar-refractivity contribution < 1.29 is 24.4 Å². The van der Waals surface area contributed by atoms with Crippen molar-refractivity contribution >= 4 is 11.8 Å². The number of aliphatic hydroxyl groups is 1. The van der Waals surface area contributed by atoms with Crippen LogP contribution in [0.2, 0.25) is 0 Å². The molecule has 116 valence electrons. The van der Waals surface area contributed by atoms with Gasteiger partial charge >= 0.3 is 11.5 Å². The molecule has 1 N–H and O–H groups in total. The number of Topliss-reactive ketones (excluding diaryl/α,β-unsaturated/α-hetero) is 1. The molecular formula is C13H23NO6. The van der Waals surface area contributed by atoms with Crippen molar-refractivity contribution in [2.24, 2.45) is 0 Å². The Labute approximate surface area is 118 Å². The number of esters is 1. The molecule has 0 saturated carbocycles. The molecule has 7 nitrogen and oxygen atoms in total. The summed E-state index contributed by atoms with van der Waals surface area (Å²) >= 11 is 0. The van der Waals surface area contributed by atoms with Crippen LogP contribution in [0.1, 0.15) is 51.9 Å². The summed E-state index contributed by atoms with van der Waals surface area (Å²) in [5.41, 5.74) is -2.08. The Balaban J connectivity index is 4.71. The van der Waals surface area contributed by atoms with Crippen molar-refractivity contribution in [1.29, 1.82) is 0 Å². The SMILES string of the molecule is CCCCCCC(=O)C(CO)(CCC(=O)OC)[N+](=O)[O-]. The molecular weight excluding hydrogens is 266 g/mol. The number of rotatable bonds is 11. The van der Waals surface area contributed by atoms with E-state index in [1.807, 2.05) is 6.92 Å². The molecule has 0 aromatic carbocycles. The highest BCUT2D eigenvalue weighted by Gasteiger charge is 2.49. The summed E-state index contributed by atoms with van der Waals surface area (Å²) in [7, 11) is 1.17. The van der Waals surface area contributed by atoms with Gasteiger partial charge in [-0.05, 0) is 6.42 Å². The van der Waals surface area contributed by atoms with Crippen LogP contribution in [0.15, 0.2) is 0 Å². The van der Waals surface area contributed by atoms with Crippen LogP contribution in [0.4, 0.5) is 0 Å². The summed E-state index contributed by atoms with van der Waals surface area (Å²) in [6.45, 7) is 1.12. The number of methoxy groups -OCH3 is 1. The third-order valence-electron chi connectivity index (χ3n) is 3.36. The molecule has 1 atom stereocenters. The normalized spacial score (nSPS) is 13.6. The van der Waals surface area contributed by atoms with Crippen LogP contribution in [0.5, 0.6) is 0 Å². The van der Waals surface area contributed by atoms with E-state index >= 15 is 0 Å². The smallest absolute Gasteiger partial charge is 0.305 e. The number of nitro groups is 1. The molecule has 0 aliphatic heterocycles. The lowest BCUT2D eigenvalue weighted by molar-refractivity contribution is -0.556. The fraction of sp³-hybridized carbons (Fsp3) is 0.846. The van der Waals surface area contributed by atoms with Gasteiger partial charge in [-0.15, -0.1) is 0 Å². The monoisotopic (exact) mass is 289 g/mol. The maximum absolute atomic E-state index is 12.0. The first-order valence-corrected chi connectivity index (χ1v) is 6.80. The van der Waals surface area contributed by atoms with Crippen molar-refractivity contribution in [2.75, 3.05) is 13.7 Å². The van der Waals surface area contributed by atoms with E-state index in [1.54, 1.807) is 0 Å². The van der Waals surface area contributed by atoms with Gasteiger partial charge in [0.25, 0.3) is 0 Å². The van der Waals surface area contributed by atoms with Gasteiger partial charge in [0.2, 0.25) is 5.78 Å². The minimum atomic E-state index is -2.08. The number of carbonyl (C=O) groups is 2. The number of ether oxygens (including phenoxy) is 1. The predicted octanol–water partition coefficient (Wildman–Crippen LogP) is 1.49. The summed E-state index contributed by atoms with van der Waals surface area (Å²) in [6, 6.07) is 0. The Morgan fingerprint density at radius 1 is 1.25 bits per heavy atom. The maximum atomic E-state index is 12.0. The van der Waals surface area contributed by atoms with Gasteiger partial charge in [0.15, 0.2) is 0 Å². The van der Waals surface area contributed by atoms with Gasteiger partial charge in [-0.25, -0.2) is 0 Å². The number of hydrogen-bond donors (Lipinski definition) is 1. The number of carbonyl (C=O) groups excluding carboxylic acids is 2. The van der Waals surface area contributed by atoms with E-state index < -0.39 is 28.8 Å². The Morgan fingerprint density at radius 2 is 1.90 bits per heavy atom. The maximum Gasteiger partial charge on any atom is 0.305 e. The lowest BCUT2D eigenvalue weighted by Crippen LogP contribution is -2.50. The highest BCUT2D eigenvalue weighted by molar-refractivity contribution is 5.87. The molecule has 20 heavy (non-hydrogen) atoms. The molecule has 0 rings (SSSR count). The minimum absolute atomic E-state index is 0.0444. The van der Waals surface area contributed by atoms with Crippen molar-refractivity contribution in [3.05, 3.63) is 10.1 Å². The summed E-state index contributed by atoms with van der Waals surface area (Å²) in [5.74, 6) is -1.26. The second kappa shape index (κ2) is 9.41. The number of aliphatic hydroxyl groups excluding tert-OH is 1. The van der Waals surface area contributed by atoms with Crippen molar-refractivity contribution in [3.63, 3.8) is 0 Å². The summed E-state index contributed by atoms with van der Waals surface area (Å²) in [4.78, 5) is 33.5. The molecule has 0 aliphatic carbocycles. The van der Waals surface area contributed by atoms with Gasteiger partial charge in [0, 0.05) is 17.8 Å². The van der Waals surface area contributed by atoms with Gasteiger partial charge in [0.05, 0.1) is 13.5 Å². The van der Waals surface area contributed by atoms with Crippen molar-refractivity contribution in [1.82, 2.24) is 0 Å². The molecule has 0 spiro atoms. The second-order valence-electron chi connectivity index (χ2n) is 4.76. The molecule has 1 unspecified atom stereocenters. The van der Waals surface area contributed by atoms with Gasteiger partial charge in [-0.1, -0.05) is 26.2 Å². The number of unbranched alkanes of at least 4 members (excludes halogenated alkanes) is 3. The second-order valence-corrected chi connectivity index (χ2v) is 4.76. The fourth-order valence-electron chi connectivity index (χ4n) is 1.91. The van der Waals surface area contributed by atoms with Gasteiger partial charge in [-0.2, -0.15) is 0 Å². The quantitative estimate of drug-likeness (QED) is 0.267. The van der Waals surface area contributed by atoms with Crippen LogP contribution >= 0.6 is 0 Å². The lowest BCUT2D eigenvalue weighted by atomic mass is 9.87. The molecule has 7 heteroatoms. The van der Waals surface area contributed by atoms with E-state index in [0.717, 1.165) is 19.3 Å². The van der Waals surface area contributed by atoms with E-state index in [9.17, 15) is 24.8 Å². The first-order valence-electron chi connectivity index (χ1n) is 6.80. The van der Waals surface area contributed by atoms with Gasteiger partial charge in [0.1, 0.15) is 6.61 Å². The number of ketones is 1. The average molecular weight is 289 g/mol. The summed E-state index contributed by atoms with van der Waals surface area (Å²) < 4.78 is 4.41. The van der Waals surface area contributed by atoms with E-state index in [2.05, 4.69) is 4.74 Å². The zero-order valence-electron chi connectivity index (χ0n) is 12.1. The van der Waals surface area contributed by atoms with E-state index in [1.165, 1.54) is 7.11 Å². The topological polar surface area (TPSA) is 107 Å². The molecule has 0 fully saturated rings. The van der Waals surface area contributed by atoms with E-state index in [0.29, 0.717) is 6.42 Å². The zero-order chi connectivity index (χ0) is 15.6. The van der Waals surface area contributed by atoms with Crippen molar-refractivity contribution in [3.8, 4) is 0 Å². The number of nitrogens with zero attached hydrogens (tertiary/aromatic N) is 1. The summed E-state index contributed by atoms with van der Waals surface area (Å²) in [5, 5.41) is 20.4. The molecule has 0 amide bonds. The van der Waals surface area contributed by atoms with Crippen LogP contribution in [0.25, 0.3) is 0 Å². The highest BCUT2D eigenvalue weighted by Crippen LogP contribution is 2.22. The van der Waals surface area contributed by atoms with Crippen molar-refractivity contribution in [2.45, 2.75) is 57.4 Å². The molecule has 0 aromatic rings. The molecule has 0 saturated heterocycles. The minimum Gasteiger partial charge on any atom is -0.469 e. The third-order valence-corrected chi connectivity index (χ3v) is 3.36. The molecule has 0 radical (unpaired) electrons. The van der Waals surface area contributed by atoms with Crippen LogP contribution in [-0.2, 0) is 14.3 Å². The first-order chi connectivity index (χ1) is 9.44. The number of hydrogen-bond acceptors (Lipinski definition) is 6. The molecule has 0 aromatic heterocycles. The largest absolute Gasteiger partial charge is 0.469 e. The Kier molecular flexibility index (Phi) is 8.71. The molecule has 0 bridgehead atoms. The molecule has 0 heterocycles. The predicted molar refractivity (Wildman–Crippen MR) is 71.8 cm³/mol. The fourth-order valence-corrected chi connectivity index (χ4v) is 1.91. The highest BCUT2D eigenvalue weighted by atomic mass is 16.6. The third kappa shape index (κ3) is 5.24. The lowest BCUT2D eigenvalue weighted by Gasteiger charge is -2.21. The van der Waals surface area contributed by atoms with Crippen LogP contribution < -0.4 is 0 Å². The Morgan fingerprint density at radius 3 is 2.35 bits per heavy atom. The Hall–Kier alpha value is -1.50. The standard InChI is InChI=1S/C13H23NO6/c1-3-4-5-6-7-11(16)13(10-15,14(18)19)9-8-12(17)20-2/h15H,3-10H2,1-2H3. The van der Waals surface area contributed by atoms with E-state index in [-0.39, 0.29) is 19.3 Å². The van der Waals surface area contributed by atoms with Gasteiger partial charge < -0.3 is 9.84 Å². The Bertz CT molecular complexity index is 344. The van der Waals surface area contributed by atoms with Crippen LogP contribution in [0.3, 0.4) is 0 Å². The molecule has 0 aliphatic rings.